The van der Waals surface area contributed by atoms with Crippen LogP contribution in [0.15, 0.2) is 83.2 Å². The van der Waals surface area contributed by atoms with E-state index in [-0.39, 0.29) is 12.0 Å². The zero-order valence-electron chi connectivity index (χ0n) is 21.2. The van der Waals surface area contributed by atoms with Crippen LogP contribution in [0.4, 0.5) is 0 Å². The average Bonchev–Trinajstić information content (AvgIpc) is 3.12. The minimum absolute atomic E-state index is 0.0475. The third-order valence-corrected chi connectivity index (χ3v) is 7.08. The van der Waals surface area contributed by atoms with Crippen molar-refractivity contribution in [3.05, 3.63) is 83.8 Å². The van der Waals surface area contributed by atoms with Gasteiger partial charge in [0.2, 0.25) is 6.41 Å². The fraction of sp³-hybridized carbons (Fsp3) is 0.333. The number of carbonyl (C=O) groups is 2. The Balaban J connectivity index is 0.000000497. The Labute approximate surface area is 221 Å². The number of hydrogen-bond donors (Lipinski definition) is 3. The zero-order valence-corrected chi connectivity index (χ0v) is 22.8. The van der Waals surface area contributed by atoms with Gasteiger partial charge in [-0.25, -0.2) is 8.93 Å². The van der Waals surface area contributed by atoms with Gasteiger partial charge in [0.15, 0.2) is 0 Å². The molecule has 36 heavy (non-hydrogen) atoms. The number of thioether (sulfide) groups is 1. The lowest BCUT2D eigenvalue weighted by Gasteiger charge is -2.17. The largest absolute Gasteiger partial charge is 0.480 e. The molecule has 1 aliphatic rings. The summed E-state index contributed by atoms with van der Waals surface area (Å²) in [5, 5.41) is 11.8. The van der Waals surface area contributed by atoms with Gasteiger partial charge in [-0.2, -0.15) is 0 Å². The number of nitrogens with one attached hydrogen (secondary N) is 2. The summed E-state index contributed by atoms with van der Waals surface area (Å²) in [6.45, 7) is 7.85. The van der Waals surface area contributed by atoms with Crippen LogP contribution in [-0.2, 0) is 25.3 Å². The van der Waals surface area contributed by atoms with Crippen LogP contribution in [-0.4, -0.2) is 53.8 Å². The van der Waals surface area contributed by atoms with Crippen LogP contribution in [0.3, 0.4) is 0 Å². The molecule has 0 spiro atoms. The minimum Gasteiger partial charge on any atom is -0.480 e. The first-order chi connectivity index (χ1) is 17.3. The normalized spacial score (nSPS) is 16.8. The Kier molecular flexibility index (Phi) is 15.4. The quantitative estimate of drug-likeness (QED) is 0.196. The van der Waals surface area contributed by atoms with Crippen molar-refractivity contribution >= 4 is 40.7 Å². The second-order valence-electron chi connectivity index (χ2n) is 7.93. The van der Waals surface area contributed by atoms with E-state index in [1.165, 1.54) is 4.91 Å². The van der Waals surface area contributed by atoms with Crippen molar-refractivity contribution in [2.75, 3.05) is 19.9 Å². The molecule has 3 N–H and O–H groups in total. The van der Waals surface area contributed by atoms with E-state index in [0.717, 1.165) is 17.6 Å². The average molecular weight is 533 g/mol. The van der Waals surface area contributed by atoms with Crippen molar-refractivity contribution in [2.24, 2.45) is 5.92 Å². The molecule has 0 bridgehead atoms. The van der Waals surface area contributed by atoms with Gasteiger partial charge in [0.1, 0.15) is 17.0 Å². The highest BCUT2D eigenvalue weighted by Crippen LogP contribution is 2.21. The molecule has 1 aromatic carbocycles. The van der Waals surface area contributed by atoms with Gasteiger partial charge in [-0.1, -0.05) is 75.1 Å². The predicted octanol–water partition coefficient (Wildman–Crippen LogP) is 4.49. The molecule has 1 amide bonds. The third kappa shape index (κ3) is 11.3. The highest BCUT2D eigenvalue weighted by Gasteiger charge is 2.23. The third-order valence-electron chi connectivity index (χ3n) is 5.05. The molecule has 196 valence electrons. The van der Waals surface area contributed by atoms with Gasteiger partial charge in [-0.15, -0.1) is 11.8 Å². The number of carboxylic acid groups (broad SMARTS) is 1. The van der Waals surface area contributed by atoms with E-state index >= 15 is 0 Å². The number of aliphatic carboxylic acids is 1. The zero-order chi connectivity index (χ0) is 26.9. The van der Waals surface area contributed by atoms with Gasteiger partial charge in [0.25, 0.3) is 0 Å². The maximum atomic E-state index is 12.4. The smallest absolute Gasteiger partial charge is 0.321 e. The summed E-state index contributed by atoms with van der Waals surface area (Å²) in [6, 6.07) is 6.38. The van der Waals surface area contributed by atoms with Gasteiger partial charge in [0.05, 0.1) is 11.0 Å². The van der Waals surface area contributed by atoms with Crippen molar-refractivity contribution in [2.45, 2.75) is 37.3 Å². The molecule has 0 saturated carbocycles. The number of hydrogen-bond acceptors (Lipinski definition) is 5. The molecule has 0 heterocycles. The number of benzene rings is 1. The first-order valence-electron chi connectivity index (χ1n) is 11.4. The van der Waals surface area contributed by atoms with E-state index < -0.39 is 23.0 Å². The standard InChI is InChI=1S/C19H23NO4S.C8H13NOS/c1-13(2)18(19(21)22)20-25(23)17-11-8-15(9-12-17)14-5-4-6-16(24-3)10-7-14;1-3-4-8(11-2)5-6-9-7-10/h4-13,16,18,20H,1-3H3,(H,21,22);3-4,7H,1,5-6H2,2H3,(H,9,10)/b;8-4-. The van der Waals surface area contributed by atoms with Gasteiger partial charge in [-0.05, 0) is 46.8 Å². The number of allylic oxidation sites excluding steroid dienone is 6. The van der Waals surface area contributed by atoms with E-state index in [1.54, 1.807) is 50.9 Å². The number of carboxylic acids is 1. The second kappa shape index (κ2) is 17.7. The fourth-order valence-corrected chi connectivity index (χ4v) is 4.66. The lowest BCUT2D eigenvalue weighted by atomic mass is 10.1. The van der Waals surface area contributed by atoms with E-state index in [4.69, 9.17) is 4.74 Å². The van der Waals surface area contributed by atoms with Crippen LogP contribution >= 0.6 is 11.8 Å². The fourth-order valence-electron chi connectivity index (χ4n) is 3.00. The van der Waals surface area contributed by atoms with E-state index in [9.17, 15) is 18.9 Å². The Morgan fingerprint density at radius 3 is 2.50 bits per heavy atom. The maximum Gasteiger partial charge on any atom is 0.321 e. The van der Waals surface area contributed by atoms with Crippen LogP contribution in [0, 0.1) is 5.92 Å². The van der Waals surface area contributed by atoms with Crippen LogP contribution in [0.1, 0.15) is 25.8 Å². The Morgan fingerprint density at radius 1 is 1.28 bits per heavy atom. The van der Waals surface area contributed by atoms with Crippen LogP contribution in [0.25, 0.3) is 5.57 Å². The number of rotatable bonds is 13. The topological polar surface area (TPSA) is 105 Å². The molecule has 1 aromatic rings. The highest BCUT2D eigenvalue weighted by atomic mass is 32.2. The van der Waals surface area contributed by atoms with E-state index in [0.29, 0.717) is 17.9 Å². The Bertz CT molecular complexity index is 998. The molecule has 1 aliphatic carbocycles. The lowest BCUT2D eigenvalue weighted by Crippen LogP contribution is -2.41. The summed E-state index contributed by atoms with van der Waals surface area (Å²) in [6.07, 6.45) is 17.1. The number of ether oxygens (including phenoxy) is 1. The summed E-state index contributed by atoms with van der Waals surface area (Å²) in [5.41, 5.74) is 2.00. The van der Waals surface area contributed by atoms with Gasteiger partial charge in [0, 0.05) is 13.7 Å². The molecule has 0 saturated heterocycles. The first-order valence-corrected chi connectivity index (χ1v) is 13.8. The van der Waals surface area contributed by atoms with Crippen LogP contribution in [0.5, 0.6) is 0 Å². The molecular formula is C27H36N2O5S2. The molecule has 2 rings (SSSR count). The van der Waals surface area contributed by atoms with Crippen LogP contribution in [0.2, 0.25) is 0 Å². The minimum atomic E-state index is -1.58. The number of amides is 1. The van der Waals surface area contributed by atoms with Crippen molar-refractivity contribution in [3.8, 4) is 0 Å². The predicted molar refractivity (Wildman–Crippen MR) is 150 cm³/mol. The van der Waals surface area contributed by atoms with Crippen molar-refractivity contribution < 1.29 is 23.6 Å². The monoisotopic (exact) mass is 532 g/mol. The summed E-state index contributed by atoms with van der Waals surface area (Å²) in [5.74, 6) is -1.17. The highest BCUT2D eigenvalue weighted by molar-refractivity contribution is 8.02. The Morgan fingerprint density at radius 2 is 1.97 bits per heavy atom. The number of methoxy groups -OCH3 is 1. The van der Waals surface area contributed by atoms with Crippen molar-refractivity contribution in [3.63, 3.8) is 0 Å². The summed E-state index contributed by atoms with van der Waals surface area (Å²) >= 11 is 1.68. The van der Waals surface area contributed by atoms with Crippen molar-refractivity contribution in [1.29, 1.82) is 0 Å². The molecule has 3 atom stereocenters. The van der Waals surface area contributed by atoms with Crippen molar-refractivity contribution in [1.82, 2.24) is 10.0 Å². The van der Waals surface area contributed by atoms with Gasteiger partial charge < -0.3 is 15.2 Å². The SMILES string of the molecule is C=C/C=C(/CCNC=O)SC.COC1C=CC=C(c2ccc(S(=O)NC(C(=O)O)C(C)C)cc2)C=C1. The molecule has 9 heteroatoms. The number of carbonyl (C=O) groups excluding carboxylic acids is 1. The lowest BCUT2D eigenvalue weighted by molar-refractivity contribution is -0.140. The molecule has 0 radical (unpaired) electrons. The van der Waals surface area contributed by atoms with E-state index in [2.05, 4.69) is 16.6 Å². The maximum absolute atomic E-state index is 12.4. The van der Waals surface area contributed by atoms with Gasteiger partial charge >= 0.3 is 5.97 Å². The van der Waals surface area contributed by atoms with E-state index in [1.807, 2.05) is 54.8 Å². The molecule has 0 aromatic heterocycles. The summed E-state index contributed by atoms with van der Waals surface area (Å²) in [4.78, 5) is 22.9. The molecule has 0 fully saturated rings. The van der Waals surface area contributed by atoms with Crippen LogP contribution < -0.4 is 10.0 Å². The molecule has 7 nitrogen and oxygen atoms in total. The summed E-state index contributed by atoms with van der Waals surface area (Å²) in [7, 11) is 0.0750. The summed E-state index contributed by atoms with van der Waals surface area (Å²) < 4.78 is 20.3. The second-order valence-corrected chi connectivity index (χ2v) is 10.1. The molecular weight excluding hydrogens is 496 g/mol. The first kappa shape index (κ1) is 31.3. The molecule has 3 unspecified atom stereocenters. The molecule has 0 aliphatic heterocycles. The van der Waals surface area contributed by atoms with Gasteiger partial charge in [-0.3, -0.25) is 9.59 Å². The Hall–Kier alpha value is -2.72.